The summed E-state index contributed by atoms with van der Waals surface area (Å²) in [7, 11) is 0. The first-order chi connectivity index (χ1) is 8.06. The van der Waals surface area contributed by atoms with Crippen molar-refractivity contribution in [2.75, 3.05) is 13.1 Å². The summed E-state index contributed by atoms with van der Waals surface area (Å²) in [5.41, 5.74) is 0.750. The van der Waals surface area contributed by atoms with Crippen LogP contribution in [0.4, 0.5) is 4.39 Å². The Hall–Kier alpha value is -0.600. The molecule has 0 heterocycles. The molecule has 0 aromatic heterocycles. The van der Waals surface area contributed by atoms with Crippen molar-refractivity contribution in [3.8, 4) is 0 Å². The Balaban J connectivity index is 2.64. The molecule has 0 fully saturated rings. The van der Waals surface area contributed by atoms with Crippen molar-refractivity contribution in [3.63, 3.8) is 0 Å². The van der Waals surface area contributed by atoms with Gasteiger partial charge in [0.1, 0.15) is 5.82 Å². The highest BCUT2D eigenvalue weighted by molar-refractivity contribution is 6.30. The highest BCUT2D eigenvalue weighted by Crippen LogP contribution is 2.27. The molecule has 0 aliphatic carbocycles. The molecule has 3 heteroatoms. The summed E-state index contributed by atoms with van der Waals surface area (Å²) < 4.78 is 13.7. The Morgan fingerprint density at radius 2 is 2.06 bits per heavy atom. The zero-order valence-electron chi connectivity index (χ0n) is 10.8. The maximum Gasteiger partial charge on any atom is 0.128 e. The first kappa shape index (κ1) is 14.5. The fourth-order valence-corrected chi connectivity index (χ4v) is 2.02. The number of halogens is 2. The van der Waals surface area contributed by atoms with Gasteiger partial charge in [-0.2, -0.15) is 0 Å². The fraction of sp³-hybridized carbons (Fsp3) is 0.571. The summed E-state index contributed by atoms with van der Waals surface area (Å²) in [6.07, 6.45) is 1.12. The summed E-state index contributed by atoms with van der Waals surface area (Å²) in [6, 6.07) is 4.93. The van der Waals surface area contributed by atoms with Gasteiger partial charge in [-0.3, -0.25) is 0 Å². The van der Waals surface area contributed by atoms with Gasteiger partial charge in [0.05, 0.1) is 0 Å². The van der Waals surface area contributed by atoms with Crippen LogP contribution in [-0.2, 0) is 0 Å². The number of rotatable bonds is 6. The molecule has 96 valence electrons. The standard InChI is InChI=1S/C14H21ClFN/c1-4-7-17-9-10(2)11(3)13-6-5-12(15)8-14(13)16/h5-6,8,10-11,17H,4,7,9H2,1-3H3. The maximum atomic E-state index is 13.7. The van der Waals surface area contributed by atoms with E-state index in [4.69, 9.17) is 11.6 Å². The SMILES string of the molecule is CCCNCC(C)C(C)c1ccc(Cl)cc1F. The van der Waals surface area contributed by atoms with Crippen molar-refractivity contribution < 1.29 is 4.39 Å². The van der Waals surface area contributed by atoms with Gasteiger partial charge >= 0.3 is 0 Å². The second kappa shape index (κ2) is 6.97. The third-order valence-corrected chi connectivity index (χ3v) is 3.43. The van der Waals surface area contributed by atoms with Crippen molar-refractivity contribution in [1.29, 1.82) is 0 Å². The first-order valence-electron chi connectivity index (χ1n) is 6.22. The first-order valence-corrected chi connectivity index (χ1v) is 6.59. The predicted molar refractivity (Wildman–Crippen MR) is 72.1 cm³/mol. The van der Waals surface area contributed by atoms with Crippen LogP contribution in [0.15, 0.2) is 18.2 Å². The van der Waals surface area contributed by atoms with Crippen LogP contribution in [0.5, 0.6) is 0 Å². The van der Waals surface area contributed by atoms with Gasteiger partial charge < -0.3 is 5.32 Å². The average molecular weight is 258 g/mol. The molecule has 0 spiro atoms. The van der Waals surface area contributed by atoms with Gasteiger partial charge in [-0.05, 0) is 49.0 Å². The van der Waals surface area contributed by atoms with Crippen molar-refractivity contribution in [2.45, 2.75) is 33.1 Å². The van der Waals surface area contributed by atoms with E-state index in [1.807, 2.05) is 0 Å². The topological polar surface area (TPSA) is 12.0 Å². The molecular formula is C14H21ClFN. The number of benzene rings is 1. The van der Waals surface area contributed by atoms with Crippen molar-refractivity contribution in [2.24, 2.45) is 5.92 Å². The third-order valence-electron chi connectivity index (χ3n) is 3.20. The number of nitrogens with one attached hydrogen (secondary N) is 1. The Morgan fingerprint density at radius 3 is 2.65 bits per heavy atom. The molecule has 1 aromatic rings. The van der Waals surface area contributed by atoms with Gasteiger partial charge in [-0.1, -0.05) is 38.4 Å². The van der Waals surface area contributed by atoms with E-state index >= 15 is 0 Å². The zero-order chi connectivity index (χ0) is 12.8. The molecule has 1 nitrogen and oxygen atoms in total. The van der Waals surface area contributed by atoms with E-state index in [0.29, 0.717) is 10.9 Å². The lowest BCUT2D eigenvalue weighted by molar-refractivity contribution is 0.435. The predicted octanol–water partition coefficient (Wildman–Crippen LogP) is 4.22. The smallest absolute Gasteiger partial charge is 0.128 e. The number of hydrogen-bond donors (Lipinski definition) is 1. The molecule has 1 N–H and O–H groups in total. The van der Waals surface area contributed by atoms with Crippen LogP contribution in [-0.4, -0.2) is 13.1 Å². The Bertz CT molecular complexity index is 354. The Labute approximate surface area is 108 Å². The normalized spacial score (nSPS) is 14.6. The minimum Gasteiger partial charge on any atom is -0.316 e. The fourth-order valence-electron chi connectivity index (χ4n) is 1.86. The third kappa shape index (κ3) is 4.29. The molecule has 17 heavy (non-hydrogen) atoms. The summed E-state index contributed by atoms with van der Waals surface area (Å²) in [4.78, 5) is 0. The monoisotopic (exact) mass is 257 g/mol. The van der Waals surface area contributed by atoms with Gasteiger partial charge in [0.15, 0.2) is 0 Å². The zero-order valence-corrected chi connectivity index (χ0v) is 11.5. The molecule has 0 saturated heterocycles. The minimum absolute atomic E-state index is 0.191. The Morgan fingerprint density at radius 1 is 1.35 bits per heavy atom. The second-order valence-electron chi connectivity index (χ2n) is 4.64. The maximum absolute atomic E-state index is 13.7. The molecule has 0 bridgehead atoms. The highest BCUT2D eigenvalue weighted by Gasteiger charge is 2.17. The van der Waals surface area contributed by atoms with Gasteiger partial charge in [0, 0.05) is 5.02 Å². The number of hydrogen-bond acceptors (Lipinski definition) is 1. The van der Waals surface area contributed by atoms with Crippen LogP contribution in [0.25, 0.3) is 0 Å². The molecule has 0 radical (unpaired) electrons. The molecule has 1 rings (SSSR count). The van der Waals surface area contributed by atoms with Crippen LogP contribution in [0.2, 0.25) is 5.02 Å². The minimum atomic E-state index is -0.202. The summed E-state index contributed by atoms with van der Waals surface area (Å²) in [5.74, 6) is 0.390. The average Bonchev–Trinajstić information content (AvgIpc) is 2.28. The molecule has 2 unspecified atom stereocenters. The molecule has 0 aliphatic rings. The second-order valence-corrected chi connectivity index (χ2v) is 5.07. The van der Waals surface area contributed by atoms with Crippen LogP contribution >= 0.6 is 11.6 Å². The van der Waals surface area contributed by atoms with Gasteiger partial charge in [0.25, 0.3) is 0 Å². The molecule has 2 atom stereocenters. The lowest BCUT2D eigenvalue weighted by atomic mass is 9.88. The molecule has 1 aromatic carbocycles. The van der Waals surface area contributed by atoms with E-state index < -0.39 is 0 Å². The summed E-state index contributed by atoms with van der Waals surface area (Å²) in [6.45, 7) is 8.27. The van der Waals surface area contributed by atoms with Crippen LogP contribution in [0.3, 0.4) is 0 Å². The van der Waals surface area contributed by atoms with Crippen molar-refractivity contribution in [3.05, 3.63) is 34.6 Å². The molecule has 0 aliphatic heterocycles. The lowest BCUT2D eigenvalue weighted by Crippen LogP contribution is -2.25. The van der Waals surface area contributed by atoms with Crippen molar-refractivity contribution >= 4 is 11.6 Å². The largest absolute Gasteiger partial charge is 0.316 e. The van der Waals surface area contributed by atoms with Gasteiger partial charge in [0.2, 0.25) is 0 Å². The quantitative estimate of drug-likeness (QED) is 0.753. The van der Waals surface area contributed by atoms with Crippen LogP contribution in [0.1, 0.15) is 38.7 Å². The van der Waals surface area contributed by atoms with E-state index in [1.165, 1.54) is 6.07 Å². The van der Waals surface area contributed by atoms with Crippen LogP contribution in [0, 0.1) is 11.7 Å². The lowest BCUT2D eigenvalue weighted by Gasteiger charge is -2.21. The van der Waals surface area contributed by atoms with Gasteiger partial charge in [-0.25, -0.2) is 4.39 Å². The molecule has 0 amide bonds. The van der Waals surface area contributed by atoms with Gasteiger partial charge in [-0.15, -0.1) is 0 Å². The van der Waals surface area contributed by atoms with E-state index in [2.05, 4.69) is 26.1 Å². The van der Waals surface area contributed by atoms with Crippen molar-refractivity contribution in [1.82, 2.24) is 5.32 Å². The van der Waals surface area contributed by atoms with E-state index in [1.54, 1.807) is 12.1 Å². The molecular weight excluding hydrogens is 237 g/mol. The Kier molecular flexibility index (Phi) is 5.93. The summed E-state index contributed by atoms with van der Waals surface area (Å²) >= 11 is 5.75. The van der Waals surface area contributed by atoms with E-state index in [9.17, 15) is 4.39 Å². The van der Waals surface area contributed by atoms with E-state index in [0.717, 1.165) is 25.1 Å². The summed E-state index contributed by atoms with van der Waals surface area (Å²) in [5, 5.41) is 3.82. The van der Waals surface area contributed by atoms with E-state index in [-0.39, 0.29) is 11.7 Å². The highest BCUT2D eigenvalue weighted by atomic mass is 35.5. The van der Waals surface area contributed by atoms with Crippen LogP contribution < -0.4 is 5.32 Å². The molecule has 0 saturated carbocycles.